The van der Waals surface area contributed by atoms with Crippen molar-refractivity contribution in [3.8, 4) is 17.2 Å². The van der Waals surface area contributed by atoms with Gasteiger partial charge in [-0.05, 0) is 47.5 Å². The first-order valence-electron chi connectivity index (χ1n) is 8.81. The quantitative estimate of drug-likeness (QED) is 0.405. The molecule has 0 fully saturated rings. The van der Waals surface area contributed by atoms with Gasteiger partial charge in [-0.15, -0.1) is 0 Å². The maximum absolute atomic E-state index is 6.47. The van der Waals surface area contributed by atoms with Crippen molar-refractivity contribution in [3.63, 3.8) is 0 Å². The molecule has 4 nitrogen and oxygen atoms in total. The van der Waals surface area contributed by atoms with Gasteiger partial charge in [0.25, 0.3) is 0 Å². The molecule has 0 heterocycles. The van der Waals surface area contributed by atoms with E-state index in [0.717, 1.165) is 16.8 Å². The van der Waals surface area contributed by atoms with Crippen LogP contribution in [0, 0.1) is 0 Å². The summed E-state index contributed by atoms with van der Waals surface area (Å²) in [4.78, 5) is 0. The van der Waals surface area contributed by atoms with Crippen molar-refractivity contribution >= 4 is 40.5 Å². The van der Waals surface area contributed by atoms with Gasteiger partial charge in [-0.3, -0.25) is 0 Å². The average molecular weight is 453 g/mol. The topological polar surface area (TPSA) is 39.7 Å². The predicted molar refractivity (Wildman–Crippen MR) is 119 cm³/mol. The minimum Gasteiger partial charge on any atom is -0.495 e. The number of anilines is 1. The lowest BCUT2D eigenvalue weighted by Gasteiger charge is -2.15. The first-order chi connectivity index (χ1) is 14.0. The number of rotatable bonds is 8. The van der Waals surface area contributed by atoms with Crippen LogP contribution in [-0.2, 0) is 13.2 Å². The molecule has 29 heavy (non-hydrogen) atoms. The molecule has 7 heteroatoms. The number of nitrogens with one attached hydrogen (secondary N) is 1. The Morgan fingerprint density at radius 2 is 1.48 bits per heavy atom. The van der Waals surface area contributed by atoms with Gasteiger partial charge in [-0.2, -0.15) is 0 Å². The summed E-state index contributed by atoms with van der Waals surface area (Å²) in [5.74, 6) is 1.80. The number of halogens is 3. The Bertz CT molecular complexity index is 978. The molecule has 0 radical (unpaired) electrons. The van der Waals surface area contributed by atoms with Gasteiger partial charge in [-0.25, -0.2) is 0 Å². The summed E-state index contributed by atoms with van der Waals surface area (Å²) in [5, 5.41) is 5.09. The normalized spacial score (nSPS) is 10.5. The van der Waals surface area contributed by atoms with Gasteiger partial charge in [0.05, 0.1) is 19.2 Å². The lowest BCUT2D eigenvalue weighted by molar-refractivity contribution is 0.284. The third kappa shape index (κ3) is 5.63. The fourth-order valence-corrected chi connectivity index (χ4v) is 3.30. The smallest absolute Gasteiger partial charge is 0.163 e. The van der Waals surface area contributed by atoms with Crippen LogP contribution in [0.4, 0.5) is 5.69 Å². The van der Waals surface area contributed by atoms with E-state index in [9.17, 15) is 0 Å². The molecule has 0 bridgehead atoms. The summed E-state index contributed by atoms with van der Waals surface area (Å²) in [6.07, 6.45) is 0. The minimum atomic E-state index is 0.381. The van der Waals surface area contributed by atoms with Crippen molar-refractivity contribution in [1.82, 2.24) is 0 Å². The van der Waals surface area contributed by atoms with Gasteiger partial charge in [0.2, 0.25) is 0 Å². The Kier molecular flexibility index (Phi) is 7.37. The Hall–Kier alpha value is -2.27. The van der Waals surface area contributed by atoms with Gasteiger partial charge in [0, 0.05) is 28.3 Å². The van der Waals surface area contributed by atoms with Gasteiger partial charge >= 0.3 is 0 Å². The van der Waals surface area contributed by atoms with Crippen molar-refractivity contribution in [2.75, 3.05) is 19.5 Å². The highest BCUT2D eigenvalue weighted by Crippen LogP contribution is 2.35. The van der Waals surface area contributed by atoms with E-state index >= 15 is 0 Å². The van der Waals surface area contributed by atoms with E-state index in [2.05, 4.69) is 5.32 Å². The lowest BCUT2D eigenvalue weighted by atomic mass is 10.2. The standard InChI is InChI=1S/C22H20Cl3NO3/c1-27-20-8-7-17(10-19(20)25)26-12-15-9-21(28-2)22(11-18(15)24)29-13-14-3-5-16(23)6-4-14/h3-11,26H,12-13H2,1-2H3. The second-order valence-electron chi connectivity index (χ2n) is 6.21. The molecule has 0 aliphatic carbocycles. The van der Waals surface area contributed by atoms with Crippen molar-refractivity contribution in [2.24, 2.45) is 0 Å². The second kappa shape index (κ2) is 9.97. The molecule has 0 aliphatic heterocycles. The molecule has 0 amide bonds. The van der Waals surface area contributed by atoms with Crippen LogP contribution in [-0.4, -0.2) is 14.2 Å². The summed E-state index contributed by atoms with van der Waals surface area (Å²) >= 11 is 18.6. The number of hydrogen-bond acceptors (Lipinski definition) is 4. The van der Waals surface area contributed by atoms with Crippen LogP contribution in [0.15, 0.2) is 54.6 Å². The fraction of sp³-hybridized carbons (Fsp3) is 0.182. The van der Waals surface area contributed by atoms with Gasteiger partial charge in [0.1, 0.15) is 12.4 Å². The summed E-state index contributed by atoms with van der Waals surface area (Å²) in [6.45, 7) is 0.876. The van der Waals surface area contributed by atoms with E-state index < -0.39 is 0 Å². The average Bonchev–Trinajstić information content (AvgIpc) is 2.72. The second-order valence-corrected chi connectivity index (χ2v) is 7.46. The number of methoxy groups -OCH3 is 2. The van der Waals surface area contributed by atoms with Gasteiger partial charge in [-0.1, -0.05) is 46.9 Å². The van der Waals surface area contributed by atoms with Crippen LogP contribution in [0.5, 0.6) is 17.2 Å². The third-order valence-corrected chi connectivity index (χ3v) is 5.17. The van der Waals surface area contributed by atoms with Gasteiger partial charge in [0.15, 0.2) is 11.5 Å². The summed E-state index contributed by atoms with van der Waals surface area (Å²) in [5.41, 5.74) is 2.72. The lowest BCUT2D eigenvalue weighted by Crippen LogP contribution is -2.03. The molecule has 0 atom stereocenters. The third-order valence-electron chi connectivity index (χ3n) is 4.28. The maximum atomic E-state index is 6.47. The molecule has 0 aromatic heterocycles. The molecular formula is C22H20Cl3NO3. The van der Waals surface area contributed by atoms with E-state index in [4.69, 9.17) is 49.0 Å². The SMILES string of the molecule is COc1ccc(NCc2cc(OC)c(OCc3ccc(Cl)cc3)cc2Cl)cc1Cl. The monoisotopic (exact) mass is 451 g/mol. The molecule has 0 saturated carbocycles. The molecule has 1 N–H and O–H groups in total. The highest BCUT2D eigenvalue weighted by Gasteiger charge is 2.12. The van der Waals surface area contributed by atoms with Crippen LogP contribution in [0.2, 0.25) is 15.1 Å². The number of hydrogen-bond donors (Lipinski definition) is 1. The summed E-state index contributed by atoms with van der Waals surface area (Å²) in [6, 6.07) is 16.6. The first kappa shape index (κ1) is 21.4. The van der Waals surface area contributed by atoms with Crippen LogP contribution < -0.4 is 19.5 Å². The zero-order valence-electron chi connectivity index (χ0n) is 16.0. The highest BCUT2D eigenvalue weighted by atomic mass is 35.5. The van der Waals surface area contributed by atoms with Crippen molar-refractivity contribution < 1.29 is 14.2 Å². The van der Waals surface area contributed by atoms with E-state index in [1.54, 1.807) is 32.4 Å². The Morgan fingerprint density at radius 3 is 2.14 bits per heavy atom. The molecule has 3 rings (SSSR count). The predicted octanol–water partition coefficient (Wildman–Crippen LogP) is 6.86. The van der Waals surface area contributed by atoms with E-state index in [0.29, 0.717) is 45.5 Å². The van der Waals surface area contributed by atoms with E-state index in [1.807, 2.05) is 36.4 Å². The Balaban J connectivity index is 1.70. The van der Waals surface area contributed by atoms with E-state index in [1.165, 1.54) is 0 Å². The minimum absolute atomic E-state index is 0.381. The van der Waals surface area contributed by atoms with Gasteiger partial charge < -0.3 is 19.5 Å². The molecule has 0 saturated heterocycles. The molecule has 0 unspecified atom stereocenters. The maximum Gasteiger partial charge on any atom is 0.163 e. The number of benzene rings is 3. The first-order valence-corrected chi connectivity index (χ1v) is 9.94. The largest absolute Gasteiger partial charge is 0.495 e. The molecule has 0 spiro atoms. The van der Waals surface area contributed by atoms with E-state index in [-0.39, 0.29) is 0 Å². The number of ether oxygens (including phenoxy) is 3. The molecule has 3 aromatic rings. The Labute approximate surface area is 185 Å². The van der Waals surface area contributed by atoms with Crippen LogP contribution in [0.1, 0.15) is 11.1 Å². The van der Waals surface area contributed by atoms with Crippen molar-refractivity contribution in [3.05, 3.63) is 80.8 Å². The van der Waals surface area contributed by atoms with Crippen LogP contribution >= 0.6 is 34.8 Å². The zero-order valence-corrected chi connectivity index (χ0v) is 18.2. The van der Waals surface area contributed by atoms with Crippen molar-refractivity contribution in [1.29, 1.82) is 0 Å². The van der Waals surface area contributed by atoms with Crippen molar-refractivity contribution in [2.45, 2.75) is 13.2 Å². The molecular weight excluding hydrogens is 433 g/mol. The van der Waals surface area contributed by atoms with Crippen LogP contribution in [0.25, 0.3) is 0 Å². The fourth-order valence-electron chi connectivity index (χ4n) is 2.70. The van der Waals surface area contributed by atoms with Crippen LogP contribution in [0.3, 0.4) is 0 Å². The Morgan fingerprint density at radius 1 is 0.759 bits per heavy atom. The summed E-state index contributed by atoms with van der Waals surface area (Å²) in [7, 11) is 3.18. The highest BCUT2D eigenvalue weighted by molar-refractivity contribution is 6.32. The molecule has 3 aromatic carbocycles. The summed E-state index contributed by atoms with van der Waals surface area (Å²) < 4.78 is 16.5. The molecule has 0 aliphatic rings. The molecule has 152 valence electrons. The zero-order chi connectivity index (χ0) is 20.8.